The van der Waals surface area contributed by atoms with Gasteiger partial charge in [-0.05, 0) is 55.9 Å². The molecule has 0 aromatic heterocycles. The summed E-state index contributed by atoms with van der Waals surface area (Å²) in [6.07, 6.45) is -1.07. The van der Waals surface area contributed by atoms with Crippen LogP contribution in [-0.2, 0) is 0 Å². The molecule has 0 spiro atoms. The number of carbonyl (C=O) groups excluding carboxylic acids is 1. The molecule has 2 aromatic carbocycles. The first-order valence-corrected chi connectivity index (χ1v) is 9.81. The van der Waals surface area contributed by atoms with E-state index in [1.165, 1.54) is 7.11 Å². The smallest absolute Gasteiger partial charge is 0.253 e. The minimum absolute atomic E-state index is 0.203. The van der Waals surface area contributed by atoms with Crippen molar-refractivity contribution >= 4 is 63.7 Å². The number of hydrogen-bond acceptors (Lipinski definition) is 3. The maximum atomic E-state index is 12.6. The van der Waals surface area contributed by atoms with Gasteiger partial charge in [0.05, 0.1) is 7.11 Å². The average molecular weight is 461 g/mol. The van der Waals surface area contributed by atoms with E-state index >= 15 is 0 Å². The fourth-order valence-corrected chi connectivity index (χ4v) is 2.98. The molecule has 0 bridgehead atoms. The zero-order chi connectivity index (χ0) is 20.9. The molecule has 1 amide bonds. The topological polar surface area (TPSA) is 62.4 Å². The van der Waals surface area contributed by atoms with Crippen molar-refractivity contribution in [2.75, 3.05) is 12.4 Å². The van der Waals surface area contributed by atoms with Crippen LogP contribution in [0.1, 0.15) is 21.5 Å². The molecule has 1 atom stereocenters. The number of methoxy groups -OCH3 is 1. The number of nitrogens with one attached hydrogen (secondary N) is 3. The number of amides is 1. The molecule has 150 valence electrons. The number of aryl methyl sites for hydroxylation is 2. The van der Waals surface area contributed by atoms with Gasteiger partial charge in [0.2, 0.25) is 3.79 Å². The predicted molar refractivity (Wildman–Crippen MR) is 120 cm³/mol. The van der Waals surface area contributed by atoms with Gasteiger partial charge in [-0.25, -0.2) is 0 Å². The van der Waals surface area contributed by atoms with Crippen molar-refractivity contribution in [2.24, 2.45) is 0 Å². The molecule has 0 heterocycles. The van der Waals surface area contributed by atoms with E-state index in [1.54, 1.807) is 24.3 Å². The normalized spacial score (nSPS) is 12.1. The lowest BCUT2D eigenvalue weighted by molar-refractivity contribution is 0.0934. The minimum atomic E-state index is -1.84. The summed E-state index contributed by atoms with van der Waals surface area (Å²) in [5.74, 6) is 0.0927. The zero-order valence-electron chi connectivity index (χ0n) is 15.5. The quantitative estimate of drug-likeness (QED) is 0.342. The van der Waals surface area contributed by atoms with Crippen molar-refractivity contribution in [3.05, 3.63) is 59.2 Å². The van der Waals surface area contributed by atoms with Gasteiger partial charge in [-0.2, -0.15) is 0 Å². The molecule has 2 aromatic rings. The van der Waals surface area contributed by atoms with Gasteiger partial charge in [0.1, 0.15) is 11.9 Å². The lowest BCUT2D eigenvalue weighted by atomic mass is 10.1. The van der Waals surface area contributed by atoms with Crippen LogP contribution in [0.5, 0.6) is 5.75 Å². The van der Waals surface area contributed by atoms with E-state index in [0.29, 0.717) is 11.3 Å². The number of ether oxygens (including phenoxy) is 1. The number of thiocarbonyl (C=S) groups is 1. The van der Waals surface area contributed by atoms with Crippen LogP contribution in [0.25, 0.3) is 0 Å². The van der Waals surface area contributed by atoms with E-state index in [0.717, 1.165) is 16.8 Å². The molecule has 0 radical (unpaired) electrons. The highest BCUT2D eigenvalue weighted by Gasteiger charge is 2.35. The third kappa shape index (κ3) is 6.41. The minimum Gasteiger partial charge on any atom is -0.497 e. The molecule has 0 fully saturated rings. The van der Waals surface area contributed by atoms with Crippen LogP contribution in [0.2, 0.25) is 0 Å². The molecule has 28 heavy (non-hydrogen) atoms. The van der Waals surface area contributed by atoms with E-state index in [4.69, 9.17) is 51.8 Å². The Balaban J connectivity index is 2.10. The van der Waals surface area contributed by atoms with Crippen LogP contribution in [0.4, 0.5) is 5.69 Å². The van der Waals surface area contributed by atoms with Crippen molar-refractivity contribution in [1.82, 2.24) is 10.6 Å². The first-order valence-electron chi connectivity index (χ1n) is 8.26. The molecule has 1 unspecified atom stereocenters. The Kier molecular flexibility index (Phi) is 7.78. The predicted octanol–water partition coefficient (Wildman–Crippen LogP) is 4.72. The summed E-state index contributed by atoms with van der Waals surface area (Å²) in [7, 11) is 1.51. The number of benzene rings is 2. The first-order chi connectivity index (χ1) is 13.1. The summed E-state index contributed by atoms with van der Waals surface area (Å²) < 4.78 is 3.28. The molecular formula is C19H20Cl3N3O2S. The summed E-state index contributed by atoms with van der Waals surface area (Å²) in [4.78, 5) is 12.6. The molecule has 0 saturated carbocycles. The number of alkyl halides is 3. The molecule has 0 aliphatic rings. The highest BCUT2D eigenvalue weighted by molar-refractivity contribution is 7.80. The summed E-state index contributed by atoms with van der Waals surface area (Å²) in [6.45, 7) is 3.95. The molecule has 0 aliphatic heterocycles. The van der Waals surface area contributed by atoms with Gasteiger partial charge in [-0.1, -0.05) is 58.6 Å². The van der Waals surface area contributed by atoms with Gasteiger partial charge >= 0.3 is 0 Å². The van der Waals surface area contributed by atoms with Crippen molar-refractivity contribution in [3.63, 3.8) is 0 Å². The lowest BCUT2D eigenvalue weighted by Crippen LogP contribution is -2.56. The number of hydrogen-bond donors (Lipinski definition) is 3. The maximum absolute atomic E-state index is 12.6. The molecule has 3 N–H and O–H groups in total. The maximum Gasteiger partial charge on any atom is 0.253 e. The Labute approximate surface area is 184 Å². The van der Waals surface area contributed by atoms with Gasteiger partial charge in [-0.15, -0.1) is 0 Å². The van der Waals surface area contributed by atoms with E-state index in [2.05, 4.69) is 16.0 Å². The Bertz CT molecular complexity index is 872. The van der Waals surface area contributed by atoms with Crippen molar-refractivity contribution in [3.8, 4) is 5.75 Å². The van der Waals surface area contributed by atoms with Crippen LogP contribution < -0.4 is 20.7 Å². The summed E-state index contributed by atoms with van der Waals surface area (Å²) >= 11 is 23.4. The van der Waals surface area contributed by atoms with E-state index < -0.39 is 15.9 Å². The van der Waals surface area contributed by atoms with Gasteiger partial charge < -0.3 is 20.7 Å². The Morgan fingerprint density at radius 3 is 2.43 bits per heavy atom. The van der Waals surface area contributed by atoms with Crippen molar-refractivity contribution < 1.29 is 9.53 Å². The number of carbonyl (C=O) groups is 1. The van der Waals surface area contributed by atoms with E-state index in [-0.39, 0.29) is 5.11 Å². The van der Waals surface area contributed by atoms with Gasteiger partial charge in [0, 0.05) is 11.3 Å². The fraction of sp³-hybridized carbons (Fsp3) is 0.263. The van der Waals surface area contributed by atoms with Gasteiger partial charge in [0.25, 0.3) is 5.91 Å². The zero-order valence-corrected chi connectivity index (χ0v) is 18.6. The number of anilines is 1. The largest absolute Gasteiger partial charge is 0.497 e. The van der Waals surface area contributed by atoms with Crippen LogP contribution in [0.15, 0.2) is 42.5 Å². The van der Waals surface area contributed by atoms with Crippen LogP contribution >= 0.6 is 47.0 Å². The highest BCUT2D eigenvalue weighted by Crippen LogP contribution is 2.29. The third-order valence-electron chi connectivity index (χ3n) is 3.84. The van der Waals surface area contributed by atoms with Crippen LogP contribution in [0, 0.1) is 13.8 Å². The monoisotopic (exact) mass is 459 g/mol. The molecule has 5 nitrogen and oxygen atoms in total. The summed E-state index contributed by atoms with van der Waals surface area (Å²) in [6, 6.07) is 12.5. The second-order valence-electron chi connectivity index (χ2n) is 6.10. The Morgan fingerprint density at radius 1 is 1.11 bits per heavy atom. The third-order valence-corrected chi connectivity index (χ3v) is 4.71. The van der Waals surface area contributed by atoms with Crippen LogP contribution in [0.3, 0.4) is 0 Å². The Hall–Kier alpha value is -1.73. The first kappa shape index (κ1) is 22.6. The SMILES string of the molecule is COc1cccc(C(=O)NC(NC(=S)Nc2ccc(C)cc2C)C(Cl)(Cl)Cl)c1. The molecular weight excluding hydrogens is 441 g/mol. The van der Waals surface area contributed by atoms with E-state index in [1.807, 2.05) is 32.0 Å². The second-order valence-corrected chi connectivity index (χ2v) is 8.87. The second kappa shape index (κ2) is 9.65. The number of halogens is 3. The molecule has 2 rings (SSSR count). The van der Waals surface area contributed by atoms with Crippen molar-refractivity contribution in [2.45, 2.75) is 23.8 Å². The summed E-state index contributed by atoms with van der Waals surface area (Å²) in [5, 5.41) is 8.72. The number of rotatable bonds is 5. The average Bonchev–Trinajstić information content (AvgIpc) is 2.62. The molecule has 0 aliphatic carbocycles. The van der Waals surface area contributed by atoms with Gasteiger partial charge in [0.15, 0.2) is 5.11 Å². The van der Waals surface area contributed by atoms with Gasteiger partial charge in [-0.3, -0.25) is 4.79 Å². The van der Waals surface area contributed by atoms with Crippen LogP contribution in [-0.4, -0.2) is 28.1 Å². The lowest BCUT2D eigenvalue weighted by Gasteiger charge is -2.28. The fourth-order valence-electron chi connectivity index (χ4n) is 2.42. The molecule has 9 heteroatoms. The summed E-state index contributed by atoms with van der Waals surface area (Å²) in [5.41, 5.74) is 3.31. The molecule has 0 saturated heterocycles. The van der Waals surface area contributed by atoms with E-state index in [9.17, 15) is 4.79 Å². The van der Waals surface area contributed by atoms with Crippen molar-refractivity contribution in [1.29, 1.82) is 0 Å². The Morgan fingerprint density at radius 2 is 1.82 bits per heavy atom. The standard InChI is InChI=1S/C19H20Cl3N3O2S/c1-11-7-8-15(12(2)9-11)23-18(28)25-17(19(20,21)22)24-16(26)13-5-4-6-14(10-13)27-3/h4-10,17H,1-3H3,(H,24,26)(H2,23,25,28). The highest BCUT2D eigenvalue weighted by atomic mass is 35.6.